The van der Waals surface area contributed by atoms with Crippen LogP contribution in [0.1, 0.15) is 18.4 Å². The van der Waals surface area contributed by atoms with Crippen LogP contribution >= 0.6 is 0 Å². The van der Waals surface area contributed by atoms with Crippen LogP contribution in [0.5, 0.6) is 0 Å². The number of hydrogen-bond acceptors (Lipinski definition) is 3. The van der Waals surface area contributed by atoms with Gasteiger partial charge in [-0.15, -0.1) is 0 Å². The molecule has 1 radical (unpaired) electrons. The third kappa shape index (κ3) is 2.17. The first-order valence-electron chi connectivity index (χ1n) is 5.13. The fourth-order valence-corrected chi connectivity index (χ4v) is 1.55. The molecule has 1 unspecified atom stereocenters. The molecule has 1 aliphatic heterocycles. The summed E-state index contributed by atoms with van der Waals surface area (Å²) in [6, 6.07) is 1.80. The van der Waals surface area contributed by atoms with E-state index in [0.717, 1.165) is 6.92 Å². The number of carbonyl (C=O) groups excluding carboxylic acids is 1. The van der Waals surface area contributed by atoms with Gasteiger partial charge in [-0.3, -0.25) is 0 Å². The second-order valence-corrected chi connectivity index (χ2v) is 4.02. The van der Waals surface area contributed by atoms with Crippen LogP contribution in [-0.4, -0.2) is 16.8 Å². The third-order valence-corrected chi connectivity index (χ3v) is 2.50. The highest BCUT2D eigenvalue weighted by Crippen LogP contribution is 2.30. The van der Waals surface area contributed by atoms with Gasteiger partial charge in [0.15, 0.2) is 18.1 Å². The highest BCUT2D eigenvalue weighted by atomic mass is 19.3. The number of halogens is 2. The lowest BCUT2D eigenvalue weighted by atomic mass is 10.3. The Bertz CT molecular complexity index is 517. The smallest absolute Gasteiger partial charge is 0.445 e. The number of primary amides is 1. The maximum Gasteiger partial charge on any atom is 0.445 e. The summed E-state index contributed by atoms with van der Waals surface area (Å²) in [6.45, 7) is 0.671. The molecule has 0 aromatic carbocycles. The van der Waals surface area contributed by atoms with E-state index in [1.165, 1.54) is 24.5 Å². The molecule has 2 N–H and O–H groups in total. The van der Waals surface area contributed by atoms with Crippen molar-refractivity contribution in [1.29, 1.82) is 0 Å². The van der Waals surface area contributed by atoms with E-state index < -0.39 is 22.3 Å². The van der Waals surface area contributed by atoms with Gasteiger partial charge in [0.05, 0.1) is 12.3 Å². The zero-order valence-electron chi connectivity index (χ0n) is 9.56. The van der Waals surface area contributed by atoms with Crippen LogP contribution in [0.4, 0.5) is 13.6 Å². The normalized spacial score (nSPS) is 22.6. The van der Waals surface area contributed by atoms with Crippen molar-refractivity contribution in [2.24, 2.45) is 10.8 Å². The molecular weight excluding hydrogens is 244 g/mol. The fourth-order valence-electron chi connectivity index (χ4n) is 1.55. The second kappa shape index (κ2) is 4.02. The molecule has 95 valence electrons. The zero-order chi connectivity index (χ0) is 13.4. The number of quaternary nitrogens is 1. The maximum atomic E-state index is 13.0. The van der Waals surface area contributed by atoms with Gasteiger partial charge in [-0.2, -0.15) is 8.78 Å². The minimum Gasteiger partial charge on any atom is -0.454 e. The number of rotatable bonds is 3. The minimum absolute atomic E-state index is 0.0606. The highest BCUT2D eigenvalue weighted by Gasteiger charge is 2.38. The molecule has 1 aromatic heterocycles. The van der Waals surface area contributed by atoms with Crippen molar-refractivity contribution in [3.63, 3.8) is 0 Å². The number of alkyl halides is 2. The molecule has 1 aromatic rings. The van der Waals surface area contributed by atoms with E-state index in [9.17, 15) is 13.6 Å². The Balaban J connectivity index is 2.24. The molecular formula is C11H11F2N3O2+. The number of furan rings is 1. The first-order chi connectivity index (χ1) is 8.33. The monoisotopic (exact) mass is 255 g/mol. The van der Waals surface area contributed by atoms with Gasteiger partial charge < -0.3 is 10.2 Å². The van der Waals surface area contributed by atoms with Gasteiger partial charge in [-0.1, -0.05) is 9.69 Å². The van der Waals surface area contributed by atoms with E-state index >= 15 is 0 Å². The van der Waals surface area contributed by atoms with E-state index in [4.69, 9.17) is 10.2 Å². The zero-order valence-corrected chi connectivity index (χ0v) is 9.56. The Labute approximate surface area is 102 Å². The van der Waals surface area contributed by atoms with Gasteiger partial charge in [0, 0.05) is 6.92 Å². The minimum atomic E-state index is -3.06. The summed E-state index contributed by atoms with van der Waals surface area (Å²) in [5, 5.41) is 3.86. The van der Waals surface area contributed by atoms with Crippen molar-refractivity contribution in [2.45, 2.75) is 19.4 Å². The molecule has 1 aliphatic rings. The molecule has 0 saturated carbocycles. The van der Waals surface area contributed by atoms with E-state index in [-0.39, 0.29) is 12.3 Å². The third-order valence-electron chi connectivity index (χ3n) is 2.50. The molecule has 0 bridgehead atoms. The van der Waals surface area contributed by atoms with Crippen LogP contribution in [-0.2, 0) is 12.5 Å². The summed E-state index contributed by atoms with van der Waals surface area (Å²) in [6.07, 6.45) is 5.25. The molecule has 5 nitrogen and oxygen atoms in total. The molecule has 7 heteroatoms. The Kier molecular flexibility index (Phi) is 2.78. The van der Waals surface area contributed by atoms with Crippen LogP contribution in [0.15, 0.2) is 27.9 Å². The molecule has 0 saturated heterocycles. The van der Waals surface area contributed by atoms with Gasteiger partial charge in [0.2, 0.25) is 0 Å². The Morgan fingerprint density at radius 2 is 2.33 bits per heavy atom. The molecule has 0 fully saturated rings. The number of nitrogens with zero attached hydrogens (tertiary/aromatic N) is 2. The van der Waals surface area contributed by atoms with Crippen LogP contribution in [0.25, 0.3) is 0 Å². The predicted molar refractivity (Wildman–Crippen MR) is 58.1 cm³/mol. The topological polar surface area (TPSA) is 68.6 Å². The number of nitrogens with two attached hydrogens (primary N) is 1. The molecule has 2 amide bonds. The van der Waals surface area contributed by atoms with Crippen molar-refractivity contribution >= 4 is 12.2 Å². The summed E-state index contributed by atoms with van der Waals surface area (Å²) >= 11 is 0. The van der Waals surface area contributed by atoms with Crippen molar-refractivity contribution in [2.75, 3.05) is 0 Å². The summed E-state index contributed by atoms with van der Waals surface area (Å²) in [4.78, 5) is 11.4. The Hall–Kier alpha value is -2.02. The van der Waals surface area contributed by atoms with Crippen LogP contribution in [0.3, 0.4) is 0 Å². The van der Waals surface area contributed by atoms with Crippen LogP contribution in [0, 0.1) is 6.08 Å². The van der Waals surface area contributed by atoms with E-state index in [0.29, 0.717) is 0 Å². The number of amides is 2. The quantitative estimate of drug-likeness (QED) is 0.840. The standard InChI is InChI=1S/C11H10F2N3O2/c1-11(12,13)9-4-3-8(18-9)7-16(10(14)17)6-2-5-15-16/h3-6H,7H2,1H3,(H-,14,17)/p+1. The van der Waals surface area contributed by atoms with Crippen molar-refractivity contribution in [3.8, 4) is 0 Å². The average Bonchev–Trinajstić information content (AvgIpc) is 2.86. The Morgan fingerprint density at radius 3 is 2.78 bits per heavy atom. The fraction of sp³-hybridized carbons (Fsp3) is 0.273. The summed E-state index contributed by atoms with van der Waals surface area (Å²) in [7, 11) is 0. The lowest BCUT2D eigenvalue weighted by Gasteiger charge is -2.18. The van der Waals surface area contributed by atoms with E-state index in [1.807, 2.05) is 0 Å². The molecule has 2 heterocycles. The highest BCUT2D eigenvalue weighted by molar-refractivity contribution is 5.72. The molecule has 1 atom stereocenters. The predicted octanol–water partition coefficient (Wildman–Crippen LogP) is 2.10. The van der Waals surface area contributed by atoms with E-state index in [1.54, 1.807) is 0 Å². The second-order valence-electron chi connectivity index (χ2n) is 4.02. The average molecular weight is 255 g/mol. The van der Waals surface area contributed by atoms with Crippen LogP contribution in [0.2, 0.25) is 0 Å². The number of carbonyl (C=O) groups is 1. The largest absolute Gasteiger partial charge is 0.454 e. The first kappa shape index (κ1) is 12.4. The van der Waals surface area contributed by atoms with Gasteiger partial charge in [-0.05, 0) is 12.1 Å². The van der Waals surface area contributed by atoms with Gasteiger partial charge in [0.25, 0.3) is 0 Å². The maximum absolute atomic E-state index is 13.0. The van der Waals surface area contributed by atoms with Gasteiger partial charge in [-0.25, -0.2) is 4.79 Å². The van der Waals surface area contributed by atoms with Gasteiger partial charge >= 0.3 is 12.0 Å². The lowest BCUT2D eigenvalue weighted by Crippen LogP contribution is -2.45. The SMILES string of the molecule is CC(F)(F)c1ccc(C[N+]2(C(N)=O)C=[C]C=N2)o1. The Morgan fingerprint density at radius 1 is 1.61 bits per heavy atom. The van der Waals surface area contributed by atoms with Gasteiger partial charge in [0.1, 0.15) is 6.20 Å². The van der Waals surface area contributed by atoms with Crippen molar-refractivity contribution < 1.29 is 22.6 Å². The summed E-state index contributed by atoms with van der Waals surface area (Å²) < 4.78 is 30.4. The van der Waals surface area contributed by atoms with Crippen molar-refractivity contribution in [3.05, 3.63) is 35.9 Å². The molecule has 18 heavy (non-hydrogen) atoms. The number of allylic oxidation sites excluding steroid dienone is 1. The first-order valence-corrected chi connectivity index (χ1v) is 5.13. The summed E-state index contributed by atoms with van der Waals surface area (Å²) in [5.41, 5.74) is 5.23. The van der Waals surface area contributed by atoms with E-state index in [2.05, 4.69) is 11.2 Å². The lowest BCUT2D eigenvalue weighted by molar-refractivity contribution is -0.816. The molecule has 0 aliphatic carbocycles. The molecule has 2 rings (SSSR count). The molecule has 0 spiro atoms. The number of hydrogen-bond donors (Lipinski definition) is 1. The number of urea groups is 1. The summed E-state index contributed by atoms with van der Waals surface area (Å²) in [5.74, 6) is -3.33. The van der Waals surface area contributed by atoms with Crippen LogP contribution < -0.4 is 5.73 Å². The van der Waals surface area contributed by atoms with Crippen molar-refractivity contribution in [1.82, 2.24) is 0 Å².